The largest absolute Gasteiger partial charge is 0.464 e. The molecule has 260 valence electrons. The number of Topliss-reactive ketones (excluding diaryl/α,β-unsaturated/α-hetero) is 1. The number of carbonyl (C=O) groups excluding carboxylic acids is 5. The van der Waals surface area contributed by atoms with Crippen LogP contribution in [0.4, 0.5) is 0 Å². The van der Waals surface area contributed by atoms with E-state index in [4.69, 9.17) is 23.7 Å². The Morgan fingerprint density at radius 3 is 2.06 bits per heavy atom. The normalized spacial score (nSPS) is 36.1. The Morgan fingerprint density at radius 1 is 0.936 bits per heavy atom. The predicted molar refractivity (Wildman–Crippen MR) is 166 cm³/mol. The Balaban J connectivity index is 2.15. The van der Waals surface area contributed by atoms with Crippen LogP contribution in [0, 0.1) is 29.1 Å². The van der Waals surface area contributed by atoms with Crippen molar-refractivity contribution in [2.75, 3.05) is 6.61 Å². The number of hydrogen-bond acceptors (Lipinski definition) is 12. The molecule has 3 unspecified atom stereocenters. The molecule has 0 amide bonds. The van der Waals surface area contributed by atoms with Crippen LogP contribution in [-0.2, 0) is 42.9 Å². The molecule has 2 aliphatic carbocycles. The molecule has 4 rings (SSSR count). The summed E-state index contributed by atoms with van der Waals surface area (Å²) in [5, 5.41) is 25.0. The maximum Gasteiger partial charge on any atom is 0.338 e. The number of rotatable bonds is 10. The second kappa shape index (κ2) is 12.9. The van der Waals surface area contributed by atoms with Crippen molar-refractivity contribution >= 4 is 29.7 Å². The summed E-state index contributed by atoms with van der Waals surface area (Å²) >= 11 is 0. The first-order chi connectivity index (χ1) is 21.8. The number of benzene rings is 1. The Bertz CT molecular complexity index is 1390. The van der Waals surface area contributed by atoms with Crippen LogP contribution >= 0.6 is 0 Å². The molecule has 10 atom stereocenters. The first-order valence-corrected chi connectivity index (χ1v) is 16.2. The van der Waals surface area contributed by atoms with E-state index in [9.17, 15) is 34.2 Å². The van der Waals surface area contributed by atoms with Crippen molar-refractivity contribution in [2.45, 2.75) is 116 Å². The van der Waals surface area contributed by atoms with Crippen molar-refractivity contribution in [1.82, 2.24) is 0 Å². The van der Waals surface area contributed by atoms with Crippen molar-refractivity contribution in [3.8, 4) is 0 Å². The molecular weight excluding hydrogens is 612 g/mol. The monoisotopic (exact) mass is 660 g/mol. The van der Waals surface area contributed by atoms with Gasteiger partial charge in [0, 0.05) is 32.1 Å². The van der Waals surface area contributed by atoms with Gasteiger partial charge in [-0.15, -0.1) is 0 Å². The Kier molecular flexibility index (Phi) is 10.0. The van der Waals surface area contributed by atoms with Crippen LogP contribution in [0.1, 0.15) is 85.5 Å². The minimum Gasteiger partial charge on any atom is -0.464 e. The maximum absolute atomic E-state index is 14.4. The van der Waals surface area contributed by atoms with Gasteiger partial charge in [0.25, 0.3) is 0 Å². The highest BCUT2D eigenvalue weighted by Gasteiger charge is 2.87. The molecule has 2 bridgehead atoms. The number of aliphatic hydroxyl groups is 2. The average Bonchev–Trinajstić information content (AvgIpc) is 3.16. The summed E-state index contributed by atoms with van der Waals surface area (Å²) in [5.41, 5.74) is -7.68. The smallest absolute Gasteiger partial charge is 0.338 e. The molecule has 1 saturated heterocycles. The summed E-state index contributed by atoms with van der Waals surface area (Å²) in [7, 11) is 0. The second-order valence-corrected chi connectivity index (χ2v) is 14.3. The molecular formula is C35H48O12. The molecule has 1 aromatic carbocycles. The van der Waals surface area contributed by atoms with Gasteiger partial charge in [-0.25, -0.2) is 4.79 Å². The molecule has 1 spiro atoms. The van der Waals surface area contributed by atoms with Crippen molar-refractivity contribution in [2.24, 2.45) is 29.1 Å². The molecule has 47 heavy (non-hydrogen) atoms. The summed E-state index contributed by atoms with van der Waals surface area (Å²) < 4.78 is 30.7. The molecule has 1 heterocycles. The predicted octanol–water partition coefficient (Wildman–Crippen LogP) is 3.19. The van der Waals surface area contributed by atoms with Gasteiger partial charge in [-0.05, 0) is 39.3 Å². The van der Waals surface area contributed by atoms with E-state index in [1.54, 1.807) is 59.7 Å². The molecule has 3 aliphatic rings. The van der Waals surface area contributed by atoms with Gasteiger partial charge in [0.15, 0.2) is 6.10 Å². The first kappa shape index (κ1) is 36.5. The molecule has 12 heteroatoms. The average molecular weight is 661 g/mol. The quantitative estimate of drug-likeness (QED) is 0.278. The SMILES string of the molecule is CCC(C)C(=O)OC[C@]12[C@H](OC(=O)c3ccccc3)[C@@H](C(=O)C(C)C)C3[C@@H](O)C1(OC3(C)C)[C@@](C)(O)C[C@H](OC(C)=O)[C@@H]2OC(C)=O. The molecule has 1 aliphatic heterocycles. The van der Waals surface area contributed by atoms with Crippen LogP contribution in [0.15, 0.2) is 30.3 Å². The highest BCUT2D eigenvalue weighted by Crippen LogP contribution is 2.70. The van der Waals surface area contributed by atoms with E-state index in [2.05, 4.69) is 0 Å². The van der Waals surface area contributed by atoms with Gasteiger partial charge in [0.05, 0.1) is 34.7 Å². The highest BCUT2D eigenvalue weighted by atomic mass is 16.6. The number of fused-ring (bicyclic) bond motifs is 1. The van der Waals surface area contributed by atoms with Gasteiger partial charge in [0.2, 0.25) is 0 Å². The number of esters is 4. The van der Waals surface area contributed by atoms with E-state index in [1.165, 1.54) is 19.1 Å². The summed E-state index contributed by atoms with van der Waals surface area (Å²) in [6.45, 7) is 13.0. The fraction of sp³-hybridized carbons (Fsp3) is 0.686. The van der Waals surface area contributed by atoms with E-state index >= 15 is 0 Å². The van der Waals surface area contributed by atoms with Crippen molar-refractivity contribution in [3.63, 3.8) is 0 Å². The Morgan fingerprint density at radius 2 is 1.53 bits per heavy atom. The molecule has 1 aromatic rings. The molecule has 3 fully saturated rings. The van der Waals surface area contributed by atoms with Crippen molar-refractivity contribution in [1.29, 1.82) is 0 Å². The zero-order chi connectivity index (χ0) is 35.3. The van der Waals surface area contributed by atoms with E-state index < -0.39 is 107 Å². The zero-order valence-electron chi connectivity index (χ0n) is 28.6. The van der Waals surface area contributed by atoms with Gasteiger partial charge >= 0.3 is 23.9 Å². The minimum absolute atomic E-state index is 0.130. The van der Waals surface area contributed by atoms with E-state index in [1.807, 2.05) is 0 Å². The topological polar surface area (TPSA) is 172 Å². The third-order valence-electron chi connectivity index (χ3n) is 10.4. The summed E-state index contributed by atoms with van der Waals surface area (Å²) in [5.74, 6) is -7.14. The van der Waals surface area contributed by atoms with Crippen LogP contribution in [-0.4, -0.2) is 87.7 Å². The van der Waals surface area contributed by atoms with E-state index in [-0.39, 0.29) is 12.0 Å². The van der Waals surface area contributed by atoms with Crippen LogP contribution in [0.2, 0.25) is 0 Å². The maximum atomic E-state index is 14.4. The lowest BCUT2D eigenvalue weighted by molar-refractivity contribution is -0.359. The lowest BCUT2D eigenvalue weighted by Crippen LogP contribution is -2.85. The fourth-order valence-electron chi connectivity index (χ4n) is 8.28. The van der Waals surface area contributed by atoms with Gasteiger partial charge < -0.3 is 33.9 Å². The Labute approximate surface area is 275 Å². The van der Waals surface area contributed by atoms with Crippen molar-refractivity contribution < 1.29 is 57.9 Å². The number of ether oxygens (including phenoxy) is 5. The highest BCUT2D eigenvalue weighted by molar-refractivity contribution is 5.90. The summed E-state index contributed by atoms with van der Waals surface area (Å²) in [6, 6.07) is 7.99. The second-order valence-electron chi connectivity index (χ2n) is 14.3. The third-order valence-corrected chi connectivity index (χ3v) is 10.4. The molecule has 2 N–H and O–H groups in total. The van der Waals surface area contributed by atoms with Crippen LogP contribution in [0.3, 0.4) is 0 Å². The Hall–Kier alpha value is -3.35. The number of carbonyl (C=O) groups is 5. The molecule has 12 nitrogen and oxygen atoms in total. The lowest BCUT2D eigenvalue weighted by atomic mass is 9.43. The van der Waals surface area contributed by atoms with Gasteiger partial charge in [-0.3, -0.25) is 19.2 Å². The van der Waals surface area contributed by atoms with Gasteiger partial charge in [-0.2, -0.15) is 0 Å². The number of ketones is 1. The van der Waals surface area contributed by atoms with E-state index in [0.29, 0.717) is 6.42 Å². The molecule has 0 aromatic heterocycles. The van der Waals surface area contributed by atoms with Crippen LogP contribution in [0.25, 0.3) is 0 Å². The lowest BCUT2D eigenvalue weighted by Gasteiger charge is -2.66. The van der Waals surface area contributed by atoms with Crippen LogP contribution < -0.4 is 0 Å². The minimum atomic E-state index is -2.19. The fourth-order valence-corrected chi connectivity index (χ4v) is 8.28. The standard InChI is InChI=1S/C35H48O12/c1-10-19(4)30(40)43-17-34-28(45-21(6)37)23(44-20(5)36)16-33(9,42)35(34)27(39)25(32(7,8)47-35)24(26(38)18(2)3)29(34)46-31(41)22-14-12-11-13-15-22/h11-15,18-19,23-25,27-29,39,42H,10,16-17H2,1-9H3/t19?,23-,24+,25?,27+,28-,29+,33-,34-,35?/m0/s1. The van der Waals surface area contributed by atoms with Gasteiger partial charge in [-0.1, -0.05) is 45.9 Å². The summed E-state index contributed by atoms with van der Waals surface area (Å²) in [6.07, 6.45) is -6.26. The van der Waals surface area contributed by atoms with E-state index in [0.717, 1.165) is 13.8 Å². The third kappa shape index (κ3) is 5.86. The van der Waals surface area contributed by atoms with Crippen molar-refractivity contribution in [3.05, 3.63) is 35.9 Å². The molecule has 2 saturated carbocycles. The summed E-state index contributed by atoms with van der Waals surface area (Å²) in [4.78, 5) is 67.1. The van der Waals surface area contributed by atoms with Crippen LogP contribution in [0.5, 0.6) is 0 Å². The number of hydrogen-bond donors (Lipinski definition) is 2. The molecule has 0 radical (unpaired) electrons. The number of aliphatic hydroxyl groups excluding tert-OH is 1. The van der Waals surface area contributed by atoms with Gasteiger partial charge in [0.1, 0.15) is 35.6 Å². The first-order valence-electron chi connectivity index (χ1n) is 16.2. The zero-order valence-corrected chi connectivity index (χ0v) is 28.6.